The zero-order chi connectivity index (χ0) is 36.8. The van der Waals surface area contributed by atoms with Crippen LogP contribution in [-0.4, -0.2) is 42.2 Å². The van der Waals surface area contributed by atoms with Crippen molar-refractivity contribution in [3.63, 3.8) is 0 Å². The van der Waals surface area contributed by atoms with E-state index in [9.17, 15) is 27.2 Å². The largest absolute Gasteiger partial charge is 0.490 e. The summed E-state index contributed by atoms with van der Waals surface area (Å²) in [5.74, 6) is -2.20. The number of carboxylic acid groups (broad SMARTS) is 1. The van der Waals surface area contributed by atoms with Crippen LogP contribution in [0.3, 0.4) is 0 Å². The lowest BCUT2D eigenvalue weighted by Gasteiger charge is -2.22. The molecule has 2 amide bonds. The highest BCUT2D eigenvalue weighted by Crippen LogP contribution is 2.28. The van der Waals surface area contributed by atoms with Crippen LogP contribution in [0.4, 0.5) is 23.2 Å². The number of carbonyl (C=O) groups is 3. The molecular weight excluding hydrogens is 666 g/mol. The van der Waals surface area contributed by atoms with Crippen molar-refractivity contribution >= 4 is 29.5 Å². The fraction of sp³-hybridized carbons (Fsp3) is 0.103. The third-order valence-corrected chi connectivity index (χ3v) is 7.10. The molecule has 5 aromatic rings. The highest BCUT2D eigenvalue weighted by Gasteiger charge is 2.38. The second kappa shape index (κ2) is 17.9. The molecule has 0 aromatic heterocycles. The molecule has 51 heavy (non-hydrogen) atoms. The summed E-state index contributed by atoms with van der Waals surface area (Å²) in [7, 11) is 0. The molecule has 0 saturated heterocycles. The Hall–Kier alpha value is -6.27. The molecule has 5 aromatic carbocycles. The van der Waals surface area contributed by atoms with Crippen LogP contribution in [0.2, 0.25) is 0 Å². The topological polar surface area (TPSA) is 122 Å². The molecule has 0 unspecified atom stereocenters. The number of carbonyl (C=O) groups excluding carboxylic acids is 2. The lowest BCUT2D eigenvalue weighted by Crippen LogP contribution is -2.29. The number of ether oxygens (including phenoxy) is 1. The Bertz CT molecular complexity index is 1950. The number of halogens is 4. The van der Waals surface area contributed by atoms with E-state index in [0.29, 0.717) is 41.4 Å². The minimum atomic E-state index is -5.08. The molecule has 0 spiro atoms. The van der Waals surface area contributed by atoms with Gasteiger partial charge in [0.05, 0.1) is 6.54 Å². The lowest BCUT2D eigenvalue weighted by atomic mass is 9.97. The van der Waals surface area contributed by atoms with E-state index >= 15 is 0 Å². The number of aliphatic carboxylic acids is 1. The summed E-state index contributed by atoms with van der Waals surface area (Å²) in [6.45, 7) is 0.994. The van der Waals surface area contributed by atoms with Crippen LogP contribution < -0.4 is 20.7 Å². The van der Waals surface area contributed by atoms with Gasteiger partial charge in [0.1, 0.15) is 17.3 Å². The van der Waals surface area contributed by atoms with E-state index in [4.69, 9.17) is 20.4 Å². The van der Waals surface area contributed by atoms with Crippen LogP contribution in [0.1, 0.15) is 21.5 Å². The molecule has 0 heterocycles. The minimum Gasteiger partial charge on any atom is -0.475 e. The lowest BCUT2D eigenvalue weighted by molar-refractivity contribution is -0.192. The third-order valence-electron chi connectivity index (χ3n) is 7.10. The Balaban J connectivity index is 0.000000755. The summed E-state index contributed by atoms with van der Waals surface area (Å²) in [6, 6.07) is 37.9. The maximum atomic E-state index is 13.6. The molecule has 0 aliphatic carbocycles. The number of amides is 2. The van der Waals surface area contributed by atoms with Gasteiger partial charge >= 0.3 is 12.1 Å². The van der Waals surface area contributed by atoms with Gasteiger partial charge < -0.3 is 25.8 Å². The van der Waals surface area contributed by atoms with Crippen molar-refractivity contribution in [1.29, 1.82) is 0 Å². The predicted molar refractivity (Wildman–Crippen MR) is 187 cm³/mol. The highest BCUT2D eigenvalue weighted by molar-refractivity contribution is 6.04. The van der Waals surface area contributed by atoms with Crippen LogP contribution in [0.5, 0.6) is 11.5 Å². The number of nitrogens with zero attached hydrogens (tertiary/aromatic N) is 1. The quantitative estimate of drug-likeness (QED) is 0.0954. The Morgan fingerprint density at radius 2 is 1.43 bits per heavy atom. The molecular formula is C39H33F4N3O5. The van der Waals surface area contributed by atoms with Crippen molar-refractivity contribution in [2.45, 2.75) is 12.7 Å². The van der Waals surface area contributed by atoms with Crippen molar-refractivity contribution < 1.29 is 41.8 Å². The van der Waals surface area contributed by atoms with Gasteiger partial charge in [0.2, 0.25) is 0 Å². The van der Waals surface area contributed by atoms with Crippen molar-refractivity contribution in [3.05, 3.63) is 156 Å². The van der Waals surface area contributed by atoms with Crippen molar-refractivity contribution in [2.24, 2.45) is 5.73 Å². The van der Waals surface area contributed by atoms with Gasteiger partial charge in [0, 0.05) is 30.4 Å². The first-order chi connectivity index (χ1) is 24.4. The predicted octanol–water partition coefficient (Wildman–Crippen LogP) is 7.85. The normalized spacial score (nSPS) is 10.9. The van der Waals surface area contributed by atoms with Gasteiger partial charge in [0.15, 0.2) is 0 Å². The number of rotatable bonds is 11. The molecule has 12 heteroatoms. The van der Waals surface area contributed by atoms with E-state index < -0.39 is 12.1 Å². The molecule has 4 N–H and O–H groups in total. The number of nitrogens with one attached hydrogen (secondary N) is 1. The summed E-state index contributed by atoms with van der Waals surface area (Å²) in [6.07, 6.45) is -1.95. The van der Waals surface area contributed by atoms with Gasteiger partial charge in [-0.2, -0.15) is 13.2 Å². The summed E-state index contributed by atoms with van der Waals surface area (Å²) >= 11 is 0. The average Bonchev–Trinajstić information content (AvgIpc) is 3.13. The molecule has 5 rings (SSSR count). The second-order valence-corrected chi connectivity index (χ2v) is 10.8. The van der Waals surface area contributed by atoms with E-state index in [1.165, 1.54) is 18.2 Å². The van der Waals surface area contributed by atoms with Crippen molar-refractivity contribution in [1.82, 2.24) is 5.32 Å². The highest BCUT2D eigenvalue weighted by atomic mass is 19.4. The molecule has 0 aliphatic rings. The standard InChI is InChI=1S/C37H32FN3O3.C2HF3O2/c38-30-16-13-27(14-17-30)15-22-36(42)41(31-18-20-33(21-19-31)44-32-9-2-1-3-10-32)26-28-7-6-8-29(25-28)34-11-4-5-12-35(34)37(43)40-24-23-39;3-2(4,5)1(6)7/h1-22,25H,23-24,26,39H2,(H,40,43);(H,6,7)/b22-15+;. The number of benzene rings is 5. The van der Waals surface area contributed by atoms with Gasteiger partial charge in [0.25, 0.3) is 11.8 Å². The molecule has 0 saturated carbocycles. The number of para-hydroxylation sites is 1. The Labute approximate surface area is 291 Å². The molecule has 0 atom stereocenters. The van der Waals surface area contributed by atoms with Crippen LogP contribution in [0.15, 0.2) is 133 Å². The number of nitrogens with two attached hydrogens (primary N) is 1. The average molecular weight is 700 g/mol. The van der Waals surface area contributed by atoms with E-state index in [2.05, 4.69) is 5.32 Å². The number of anilines is 1. The minimum absolute atomic E-state index is 0.197. The molecule has 8 nitrogen and oxygen atoms in total. The van der Waals surface area contributed by atoms with E-state index in [-0.39, 0.29) is 24.2 Å². The number of hydrogen-bond donors (Lipinski definition) is 3. The number of hydrogen-bond acceptors (Lipinski definition) is 5. The molecule has 0 radical (unpaired) electrons. The van der Waals surface area contributed by atoms with E-state index in [1.54, 1.807) is 29.2 Å². The summed E-state index contributed by atoms with van der Waals surface area (Å²) < 4.78 is 51.1. The third kappa shape index (κ3) is 11.4. The smallest absolute Gasteiger partial charge is 0.475 e. The number of carboxylic acids is 1. The molecule has 0 fully saturated rings. The van der Waals surface area contributed by atoms with E-state index in [1.807, 2.05) is 97.1 Å². The van der Waals surface area contributed by atoms with Gasteiger partial charge in [-0.25, -0.2) is 9.18 Å². The Morgan fingerprint density at radius 1 is 0.804 bits per heavy atom. The van der Waals surface area contributed by atoms with Crippen LogP contribution >= 0.6 is 0 Å². The second-order valence-electron chi connectivity index (χ2n) is 10.8. The fourth-order valence-corrected chi connectivity index (χ4v) is 4.68. The molecule has 0 aliphatic heterocycles. The van der Waals surface area contributed by atoms with Crippen molar-refractivity contribution in [2.75, 3.05) is 18.0 Å². The summed E-state index contributed by atoms with van der Waals surface area (Å²) in [5, 5.41) is 9.96. The van der Waals surface area contributed by atoms with Gasteiger partial charge in [-0.1, -0.05) is 66.7 Å². The van der Waals surface area contributed by atoms with Crippen LogP contribution in [-0.2, 0) is 16.1 Å². The molecule has 0 bridgehead atoms. The molecule has 262 valence electrons. The Morgan fingerprint density at radius 3 is 2.08 bits per heavy atom. The first-order valence-electron chi connectivity index (χ1n) is 15.5. The fourth-order valence-electron chi connectivity index (χ4n) is 4.68. The number of alkyl halides is 3. The van der Waals surface area contributed by atoms with Crippen LogP contribution in [0.25, 0.3) is 17.2 Å². The maximum absolute atomic E-state index is 13.6. The maximum Gasteiger partial charge on any atom is 0.490 e. The SMILES string of the molecule is NCCNC(=O)c1ccccc1-c1cccc(CN(C(=O)/C=C/c2ccc(F)cc2)c2ccc(Oc3ccccc3)cc2)c1.O=C(O)C(F)(F)F. The Kier molecular flexibility index (Phi) is 13.2. The van der Waals surface area contributed by atoms with Gasteiger partial charge in [-0.05, 0) is 89.0 Å². The zero-order valence-electron chi connectivity index (χ0n) is 27.0. The zero-order valence-corrected chi connectivity index (χ0v) is 27.0. The first-order valence-corrected chi connectivity index (χ1v) is 15.5. The van der Waals surface area contributed by atoms with E-state index in [0.717, 1.165) is 16.7 Å². The van der Waals surface area contributed by atoms with Gasteiger partial charge in [-0.15, -0.1) is 0 Å². The van der Waals surface area contributed by atoms with Gasteiger partial charge in [-0.3, -0.25) is 9.59 Å². The van der Waals surface area contributed by atoms with Crippen LogP contribution in [0, 0.1) is 5.82 Å². The monoisotopic (exact) mass is 699 g/mol. The summed E-state index contributed by atoms with van der Waals surface area (Å²) in [5.41, 5.74) is 9.99. The summed E-state index contributed by atoms with van der Waals surface area (Å²) in [4.78, 5) is 37.0. The van der Waals surface area contributed by atoms with Crippen molar-refractivity contribution in [3.8, 4) is 22.6 Å². The first kappa shape index (κ1) is 37.5.